The lowest BCUT2D eigenvalue weighted by Crippen LogP contribution is -2.38. The van der Waals surface area contributed by atoms with Crippen molar-refractivity contribution in [2.24, 2.45) is 0 Å². The van der Waals surface area contributed by atoms with E-state index in [2.05, 4.69) is 15.9 Å². The maximum Gasteiger partial charge on any atom is 0.248 e. The first kappa shape index (κ1) is 14.9. The third-order valence-electron chi connectivity index (χ3n) is 3.03. The van der Waals surface area contributed by atoms with Gasteiger partial charge in [0, 0.05) is 25.0 Å². The molecule has 0 N–H and O–H groups in total. The van der Waals surface area contributed by atoms with Crippen LogP contribution in [0.2, 0.25) is 0 Å². The molecule has 1 amide bonds. The molecule has 1 rings (SSSR count). The van der Waals surface area contributed by atoms with Crippen molar-refractivity contribution < 1.29 is 14.3 Å². The van der Waals surface area contributed by atoms with Crippen molar-refractivity contribution in [1.29, 1.82) is 0 Å². The zero-order valence-electron chi connectivity index (χ0n) is 10.5. The van der Waals surface area contributed by atoms with Crippen molar-refractivity contribution in [3.8, 4) is 0 Å². The molecule has 0 bridgehead atoms. The monoisotopic (exact) mass is 307 g/mol. The van der Waals surface area contributed by atoms with Gasteiger partial charge in [-0.1, -0.05) is 15.9 Å². The Labute approximate surface area is 112 Å². The molecule has 0 aliphatic carbocycles. The molecule has 1 aliphatic rings. The van der Waals surface area contributed by atoms with Gasteiger partial charge in [0.05, 0.1) is 13.2 Å². The van der Waals surface area contributed by atoms with Crippen LogP contribution in [0.5, 0.6) is 0 Å². The number of alkyl halides is 1. The molecule has 100 valence electrons. The largest absolute Gasteiger partial charge is 0.382 e. The van der Waals surface area contributed by atoms with Crippen LogP contribution >= 0.6 is 15.9 Å². The Morgan fingerprint density at radius 3 is 3.00 bits per heavy atom. The van der Waals surface area contributed by atoms with Crippen molar-refractivity contribution in [2.45, 2.75) is 31.7 Å². The number of hydrogen-bond donors (Lipinski definition) is 0. The Hall–Kier alpha value is -0.130. The second-order valence-corrected chi connectivity index (χ2v) is 5.05. The molecule has 0 aromatic carbocycles. The highest BCUT2D eigenvalue weighted by Gasteiger charge is 2.27. The second-order valence-electron chi connectivity index (χ2n) is 4.26. The van der Waals surface area contributed by atoms with Crippen LogP contribution < -0.4 is 0 Å². The Kier molecular flexibility index (Phi) is 7.81. The Balaban J connectivity index is 2.24. The summed E-state index contributed by atoms with van der Waals surface area (Å²) >= 11 is 3.43. The van der Waals surface area contributed by atoms with E-state index in [4.69, 9.17) is 9.47 Å². The highest BCUT2D eigenvalue weighted by Crippen LogP contribution is 2.21. The number of nitrogens with zero attached hydrogens (tertiary/aromatic N) is 1. The summed E-state index contributed by atoms with van der Waals surface area (Å²) in [5.74, 6) is 0.123. The molecular weight excluding hydrogens is 286 g/mol. The van der Waals surface area contributed by atoms with E-state index in [0.29, 0.717) is 19.3 Å². The van der Waals surface area contributed by atoms with Gasteiger partial charge in [0.15, 0.2) is 0 Å². The minimum Gasteiger partial charge on any atom is -0.382 e. The topological polar surface area (TPSA) is 38.8 Å². The zero-order chi connectivity index (χ0) is 12.5. The van der Waals surface area contributed by atoms with Gasteiger partial charge in [-0.25, -0.2) is 0 Å². The highest BCUT2D eigenvalue weighted by atomic mass is 79.9. The molecule has 0 aromatic heterocycles. The predicted octanol–water partition coefficient (Wildman–Crippen LogP) is 1.82. The smallest absolute Gasteiger partial charge is 0.248 e. The predicted molar refractivity (Wildman–Crippen MR) is 70.5 cm³/mol. The normalized spacial score (nSPS) is 19.9. The van der Waals surface area contributed by atoms with E-state index < -0.39 is 0 Å². The number of carbonyl (C=O) groups excluding carboxylic acids is 1. The molecule has 1 fully saturated rings. The van der Waals surface area contributed by atoms with Gasteiger partial charge < -0.3 is 14.4 Å². The van der Waals surface area contributed by atoms with Gasteiger partial charge in [0.1, 0.15) is 6.61 Å². The fraction of sp³-hybridized carbons (Fsp3) is 0.917. The first-order valence-corrected chi connectivity index (χ1v) is 7.34. The minimum atomic E-state index is 0.123. The van der Waals surface area contributed by atoms with E-state index in [9.17, 15) is 4.79 Å². The van der Waals surface area contributed by atoms with E-state index in [1.54, 1.807) is 7.11 Å². The summed E-state index contributed by atoms with van der Waals surface area (Å²) in [6.45, 7) is 2.11. The number of halogens is 1. The fourth-order valence-corrected chi connectivity index (χ4v) is 2.49. The van der Waals surface area contributed by atoms with Crippen molar-refractivity contribution in [3.63, 3.8) is 0 Å². The molecular formula is C12H22BrNO3. The lowest BCUT2D eigenvalue weighted by molar-refractivity contribution is -0.137. The molecule has 1 saturated heterocycles. The molecule has 1 heterocycles. The summed E-state index contributed by atoms with van der Waals surface area (Å²) in [4.78, 5) is 13.9. The van der Waals surface area contributed by atoms with Crippen molar-refractivity contribution in [3.05, 3.63) is 0 Å². The Bertz CT molecular complexity index is 226. The molecule has 0 spiro atoms. The van der Waals surface area contributed by atoms with Gasteiger partial charge in [0.25, 0.3) is 0 Å². The van der Waals surface area contributed by atoms with E-state index >= 15 is 0 Å². The maximum absolute atomic E-state index is 11.9. The number of carbonyl (C=O) groups is 1. The number of hydrogen-bond acceptors (Lipinski definition) is 3. The molecule has 0 aromatic rings. The number of amides is 1. The minimum absolute atomic E-state index is 0.123. The van der Waals surface area contributed by atoms with Crippen LogP contribution in [-0.2, 0) is 14.3 Å². The van der Waals surface area contributed by atoms with Crippen LogP contribution in [0, 0.1) is 0 Å². The van der Waals surface area contributed by atoms with E-state index in [-0.39, 0.29) is 12.5 Å². The molecule has 1 aliphatic heterocycles. The second kappa shape index (κ2) is 8.89. The van der Waals surface area contributed by atoms with Gasteiger partial charge in [-0.05, 0) is 25.7 Å². The fourth-order valence-electron chi connectivity index (χ4n) is 2.16. The summed E-state index contributed by atoms with van der Waals surface area (Å²) in [5.41, 5.74) is 0. The van der Waals surface area contributed by atoms with Crippen molar-refractivity contribution in [1.82, 2.24) is 4.90 Å². The molecule has 0 saturated carbocycles. The zero-order valence-corrected chi connectivity index (χ0v) is 12.1. The van der Waals surface area contributed by atoms with Crippen molar-refractivity contribution >= 4 is 21.8 Å². The number of ether oxygens (including phenoxy) is 2. The van der Waals surface area contributed by atoms with Crippen molar-refractivity contribution in [2.75, 3.05) is 38.8 Å². The number of likely N-dealkylation sites (tertiary alicyclic amines) is 1. The first-order chi connectivity index (χ1) is 8.29. The van der Waals surface area contributed by atoms with Crippen LogP contribution in [-0.4, -0.2) is 55.7 Å². The molecule has 4 nitrogen and oxygen atoms in total. The molecule has 17 heavy (non-hydrogen) atoms. The summed E-state index contributed by atoms with van der Waals surface area (Å²) in [7, 11) is 1.63. The van der Waals surface area contributed by atoms with Crippen LogP contribution in [0.1, 0.15) is 25.7 Å². The van der Waals surface area contributed by atoms with Crippen LogP contribution in [0.4, 0.5) is 0 Å². The molecule has 5 heteroatoms. The van der Waals surface area contributed by atoms with Gasteiger partial charge in [-0.15, -0.1) is 0 Å². The van der Waals surface area contributed by atoms with Crippen LogP contribution in [0.15, 0.2) is 0 Å². The summed E-state index contributed by atoms with van der Waals surface area (Å²) in [6, 6.07) is 0.422. The average Bonchev–Trinajstić information content (AvgIpc) is 2.80. The van der Waals surface area contributed by atoms with Gasteiger partial charge in [-0.3, -0.25) is 4.79 Å². The summed E-state index contributed by atoms with van der Waals surface area (Å²) < 4.78 is 10.1. The molecule has 0 radical (unpaired) electrons. The Morgan fingerprint density at radius 1 is 1.47 bits per heavy atom. The maximum atomic E-state index is 11.9. The summed E-state index contributed by atoms with van der Waals surface area (Å²) in [5, 5.41) is 1.01. The lowest BCUT2D eigenvalue weighted by atomic mass is 10.1. The summed E-state index contributed by atoms with van der Waals surface area (Å²) in [6.07, 6.45) is 4.47. The third kappa shape index (κ3) is 5.36. The average molecular weight is 308 g/mol. The highest BCUT2D eigenvalue weighted by molar-refractivity contribution is 9.09. The van der Waals surface area contributed by atoms with Gasteiger partial charge in [0.2, 0.25) is 5.91 Å². The molecule has 1 unspecified atom stereocenters. The number of methoxy groups -OCH3 is 1. The standard InChI is InChI=1S/C12H22BrNO3/c1-16-8-9-17-10-12(15)14-7-3-5-11(14)4-2-6-13/h11H,2-10H2,1H3. The SMILES string of the molecule is COCCOCC(=O)N1CCCC1CCCBr. The first-order valence-electron chi connectivity index (χ1n) is 6.21. The number of rotatable bonds is 8. The third-order valence-corrected chi connectivity index (χ3v) is 3.59. The van der Waals surface area contributed by atoms with E-state index in [1.807, 2.05) is 4.90 Å². The molecule has 1 atom stereocenters. The Morgan fingerprint density at radius 2 is 2.29 bits per heavy atom. The van der Waals surface area contributed by atoms with Gasteiger partial charge >= 0.3 is 0 Å². The van der Waals surface area contributed by atoms with Gasteiger partial charge in [-0.2, -0.15) is 0 Å². The van der Waals surface area contributed by atoms with E-state index in [1.165, 1.54) is 0 Å². The van der Waals surface area contributed by atoms with Crippen LogP contribution in [0.25, 0.3) is 0 Å². The lowest BCUT2D eigenvalue weighted by Gasteiger charge is -2.24. The quantitative estimate of drug-likeness (QED) is 0.507. The van der Waals surface area contributed by atoms with Crippen LogP contribution in [0.3, 0.4) is 0 Å². The van der Waals surface area contributed by atoms with E-state index in [0.717, 1.165) is 37.6 Å².